The summed E-state index contributed by atoms with van der Waals surface area (Å²) in [6, 6.07) is 20.8. The SMILES string of the molecule is Cc1ccc(S(=O)(=O)N(CC(=O)NCCCSCc2cccc(Cl)c2)c2ccccc2Cl)cc1. The maximum atomic E-state index is 13.4. The molecule has 1 N–H and O–H groups in total. The fourth-order valence-corrected chi connectivity index (χ4v) is 6.04. The number of thioether (sulfide) groups is 1. The molecule has 34 heavy (non-hydrogen) atoms. The maximum Gasteiger partial charge on any atom is 0.264 e. The van der Waals surface area contributed by atoms with Crippen molar-refractivity contribution in [3.05, 3.63) is 94.0 Å². The number of hydrogen-bond donors (Lipinski definition) is 1. The number of amides is 1. The Morgan fingerprint density at radius 1 is 1.00 bits per heavy atom. The Kier molecular flexibility index (Phi) is 9.71. The van der Waals surface area contributed by atoms with Crippen LogP contribution in [-0.4, -0.2) is 33.2 Å². The van der Waals surface area contributed by atoms with Crippen LogP contribution in [0.5, 0.6) is 0 Å². The summed E-state index contributed by atoms with van der Waals surface area (Å²) in [6.45, 7) is 1.96. The van der Waals surface area contributed by atoms with E-state index < -0.39 is 15.9 Å². The molecule has 3 aromatic rings. The van der Waals surface area contributed by atoms with Crippen molar-refractivity contribution in [2.24, 2.45) is 0 Å². The number of sulfonamides is 1. The van der Waals surface area contributed by atoms with Gasteiger partial charge in [0.1, 0.15) is 6.54 Å². The zero-order valence-electron chi connectivity index (χ0n) is 18.7. The van der Waals surface area contributed by atoms with Gasteiger partial charge in [-0.25, -0.2) is 8.42 Å². The smallest absolute Gasteiger partial charge is 0.264 e. The summed E-state index contributed by atoms with van der Waals surface area (Å²) in [6.07, 6.45) is 0.758. The first kappa shape index (κ1) is 26.4. The zero-order chi connectivity index (χ0) is 24.6. The fraction of sp³-hybridized carbons (Fsp3) is 0.240. The molecule has 0 unspecified atom stereocenters. The van der Waals surface area contributed by atoms with E-state index in [-0.39, 0.29) is 22.2 Å². The van der Waals surface area contributed by atoms with Crippen molar-refractivity contribution in [2.45, 2.75) is 24.0 Å². The number of carbonyl (C=O) groups excluding carboxylic acids is 1. The van der Waals surface area contributed by atoms with E-state index in [1.54, 1.807) is 48.2 Å². The lowest BCUT2D eigenvalue weighted by molar-refractivity contribution is -0.119. The number of para-hydroxylation sites is 1. The summed E-state index contributed by atoms with van der Waals surface area (Å²) in [4.78, 5) is 12.8. The summed E-state index contributed by atoms with van der Waals surface area (Å²) < 4.78 is 27.8. The van der Waals surface area contributed by atoms with Crippen molar-refractivity contribution in [2.75, 3.05) is 23.1 Å². The highest BCUT2D eigenvalue weighted by Gasteiger charge is 2.28. The maximum absolute atomic E-state index is 13.4. The molecule has 0 spiro atoms. The second-order valence-electron chi connectivity index (χ2n) is 7.66. The van der Waals surface area contributed by atoms with Crippen LogP contribution in [0.2, 0.25) is 10.0 Å². The van der Waals surface area contributed by atoms with Crippen molar-refractivity contribution < 1.29 is 13.2 Å². The monoisotopic (exact) mass is 536 g/mol. The van der Waals surface area contributed by atoms with Crippen LogP contribution in [0.1, 0.15) is 17.5 Å². The van der Waals surface area contributed by atoms with Gasteiger partial charge in [-0.05, 0) is 61.1 Å². The highest BCUT2D eigenvalue weighted by molar-refractivity contribution is 7.98. The fourth-order valence-electron chi connectivity index (χ4n) is 3.20. The number of benzene rings is 3. The van der Waals surface area contributed by atoms with Gasteiger partial charge in [-0.15, -0.1) is 0 Å². The number of halogens is 2. The van der Waals surface area contributed by atoms with E-state index in [2.05, 4.69) is 5.32 Å². The molecule has 3 aromatic carbocycles. The number of anilines is 1. The molecule has 0 aliphatic rings. The second kappa shape index (κ2) is 12.5. The highest BCUT2D eigenvalue weighted by Crippen LogP contribution is 2.30. The van der Waals surface area contributed by atoms with E-state index in [0.29, 0.717) is 11.6 Å². The lowest BCUT2D eigenvalue weighted by atomic mass is 10.2. The normalized spacial score (nSPS) is 11.3. The molecule has 0 saturated heterocycles. The molecule has 0 bridgehead atoms. The summed E-state index contributed by atoms with van der Waals surface area (Å²) in [5.74, 6) is 1.29. The van der Waals surface area contributed by atoms with E-state index in [9.17, 15) is 13.2 Å². The molecular weight excluding hydrogens is 511 g/mol. The molecule has 0 radical (unpaired) electrons. The van der Waals surface area contributed by atoms with E-state index in [1.807, 2.05) is 31.2 Å². The molecule has 0 fully saturated rings. The number of aryl methyl sites for hydroxylation is 1. The number of nitrogens with zero attached hydrogens (tertiary/aromatic N) is 1. The molecule has 0 aliphatic carbocycles. The van der Waals surface area contributed by atoms with Crippen molar-refractivity contribution >= 4 is 56.6 Å². The van der Waals surface area contributed by atoms with E-state index >= 15 is 0 Å². The van der Waals surface area contributed by atoms with Gasteiger partial charge < -0.3 is 5.32 Å². The van der Waals surface area contributed by atoms with Gasteiger partial charge in [-0.3, -0.25) is 9.10 Å². The molecule has 1 amide bonds. The summed E-state index contributed by atoms with van der Waals surface area (Å²) in [5, 5.41) is 3.79. The third-order valence-corrected chi connectivity index (χ3v) is 8.41. The third-order valence-electron chi connectivity index (χ3n) is 4.96. The van der Waals surface area contributed by atoms with E-state index in [1.165, 1.54) is 12.1 Å². The van der Waals surface area contributed by atoms with Crippen molar-refractivity contribution in [1.29, 1.82) is 0 Å². The Balaban J connectivity index is 1.59. The van der Waals surface area contributed by atoms with Crippen molar-refractivity contribution in [1.82, 2.24) is 5.32 Å². The first-order valence-electron chi connectivity index (χ1n) is 10.7. The Labute approximate surface area is 215 Å². The van der Waals surface area contributed by atoms with Gasteiger partial charge in [-0.1, -0.05) is 65.2 Å². The van der Waals surface area contributed by atoms with Crippen molar-refractivity contribution in [3.63, 3.8) is 0 Å². The summed E-state index contributed by atoms with van der Waals surface area (Å²) in [7, 11) is -3.99. The Bertz CT molecular complexity index is 1220. The second-order valence-corrected chi connectivity index (χ2v) is 11.5. The molecule has 0 heterocycles. The molecule has 0 aromatic heterocycles. The van der Waals surface area contributed by atoms with Crippen LogP contribution in [0.15, 0.2) is 77.7 Å². The minimum absolute atomic E-state index is 0.100. The van der Waals surface area contributed by atoms with Crippen LogP contribution < -0.4 is 9.62 Å². The number of nitrogens with one attached hydrogen (secondary N) is 1. The Morgan fingerprint density at radius 2 is 1.74 bits per heavy atom. The Morgan fingerprint density at radius 3 is 2.44 bits per heavy atom. The predicted molar refractivity (Wildman–Crippen MR) is 142 cm³/mol. The zero-order valence-corrected chi connectivity index (χ0v) is 21.9. The lowest BCUT2D eigenvalue weighted by Crippen LogP contribution is -2.41. The summed E-state index contributed by atoms with van der Waals surface area (Å²) >= 11 is 14.0. The van der Waals surface area contributed by atoms with Gasteiger partial charge in [-0.2, -0.15) is 11.8 Å². The lowest BCUT2D eigenvalue weighted by Gasteiger charge is -2.25. The van der Waals surface area contributed by atoms with Gasteiger partial charge in [0, 0.05) is 17.3 Å². The van der Waals surface area contributed by atoms with E-state index in [0.717, 1.165) is 33.4 Å². The largest absolute Gasteiger partial charge is 0.354 e. The van der Waals surface area contributed by atoms with Crippen LogP contribution in [0, 0.1) is 6.92 Å². The Hall–Kier alpha value is -2.19. The molecule has 0 atom stereocenters. The van der Waals surface area contributed by atoms with Crippen LogP contribution in [0.3, 0.4) is 0 Å². The number of carbonyl (C=O) groups is 1. The minimum Gasteiger partial charge on any atom is -0.354 e. The molecule has 3 rings (SSSR count). The highest BCUT2D eigenvalue weighted by atomic mass is 35.5. The van der Waals surface area contributed by atoms with Gasteiger partial charge in [0.2, 0.25) is 5.91 Å². The van der Waals surface area contributed by atoms with Crippen LogP contribution in [-0.2, 0) is 20.6 Å². The van der Waals surface area contributed by atoms with Crippen molar-refractivity contribution in [3.8, 4) is 0 Å². The third kappa shape index (κ3) is 7.40. The number of hydrogen-bond acceptors (Lipinski definition) is 4. The molecule has 0 saturated carbocycles. The predicted octanol–water partition coefficient (Wildman–Crippen LogP) is 5.94. The first-order chi connectivity index (χ1) is 16.3. The van der Waals surface area contributed by atoms with Gasteiger partial charge >= 0.3 is 0 Å². The standard InChI is InChI=1S/C25H26Cl2N2O3S2/c1-19-10-12-22(13-11-19)34(31,32)29(24-9-3-2-8-23(24)27)17-25(30)28-14-5-15-33-18-20-6-4-7-21(26)16-20/h2-4,6-13,16H,5,14-15,17-18H2,1H3,(H,28,30). The summed E-state index contributed by atoms with van der Waals surface area (Å²) in [5.41, 5.74) is 2.35. The van der Waals surface area contributed by atoms with E-state index in [4.69, 9.17) is 23.2 Å². The minimum atomic E-state index is -3.99. The molecule has 180 valence electrons. The topological polar surface area (TPSA) is 66.5 Å². The average molecular weight is 538 g/mol. The number of rotatable bonds is 11. The first-order valence-corrected chi connectivity index (χ1v) is 14.1. The molecule has 9 heteroatoms. The van der Waals surface area contributed by atoms with Gasteiger partial charge in [0.05, 0.1) is 15.6 Å². The van der Waals surface area contributed by atoms with Crippen LogP contribution in [0.25, 0.3) is 0 Å². The van der Waals surface area contributed by atoms with Crippen LogP contribution >= 0.6 is 35.0 Å². The molecule has 0 aliphatic heterocycles. The van der Waals surface area contributed by atoms with Gasteiger partial charge in [0.25, 0.3) is 10.0 Å². The van der Waals surface area contributed by atoms with Crippen LogP contribution in [0.4, 0.5) is 5.69 Å². The van der Waals surface area contributed by atoms with Gasteiger partial charge in [0.15, 0.2) is 0 Å². The molecule has 5 nitrogen and oxygen atoms in total. The molecular formula is C25H26Cl2N2O3S2. The average Bonchev–Trinajstić information content (AvgIpc) is 2.80. The quantitative estimate of drug-likeness (QED) is 0.308.